The van der Waals surface area contributed by atoms with Gasteiger partial charge in [0.05, 0.1) is 5.60 Å². The van der Waals surface area contributed by atoms with E-state index in [4.69, 9.17) is 0 Å². The van der Waals surface area contributed by atoms with Crippen molar-refractivity contribution in [2.45, 2.75) is 31.9 Å². The van der Waals surface area contributed by atoms with Gasteiger partial charge in [-0.2, -0.15) is 0 Å². The van der Waals surface area contributed by atoms with E-state index in [1.54, 1.807) is 19.0 Å². The third-order valence-corrected chi connectivity index (χ3v) is 5.69. The Balaban J connectivity index is 1.61. The molecule has 2 aliphatic rings. The van der Waals surface area contributed by atoms with Gasteiger partial charge in [0.25, 0.3) is 0 Å². The summed E-state index contributed by atoms with van der Waals surface area (Å²) in [5.41, 5.74) is 1.31. The van der Waals surface area contributed by atoms with Gasteiger partial charge in [-0.1, -0.05) is 12.1 Å². The fourth-order valence-corrected chi connectivity index (χ4v) is 4.13. The fraction of sp³-hybridized carbons (Fsp3) is 0.600. The van der Waals surface area contributed by atoms with E-state index in [9.17, 15) is 14.7 Å². The van der Waals surface area contributed by atoms with E-state index in [2.05, 4.69) is 10.2 Å². The van der Waals surface area contributed by atoms with Crippen molar-refractivity contribution in [1.29, 1.82) is 0 Å². The number of amides is 3. The van der Waals surface area contributed by atoms with Crippen molar-refractivity contribution in [3.8, 4) is 0 Å². The minimum atomic E-state index is -0.658. The molecule has 2 aliphatic heterocycles. The van der Waals surface area contributed by atoms with E-state index >= 15 is 0 Å². The number of hydrogen-bond donors (Lipinski definition) is 2. The minimum absolute atomic E-state index is 0.0164. The molecule has 0 aliphatic carbocycles. The zero-order valence-corrected chi connectivity index (χ0v) is 16.4. The lowest BCUT2D eigenvalue weighted by Crippen LogP contribution is -2.61. The number of nitrogens with zero attached hydrogens (tertiary/aromatic N) is 3. The van der Waals surface area contributed by atoms with E-state index in [0.717, 1.165) is 31.7 Å². The average Bonchev–Trinajstić information content (AvgIpc) is 2.62. The lowest BCUT2D eigenvalue weighted by molar-refractivity contribution is -0.114. The minimum Gasteiger partial charge on any atom is -0.389 e. The van der Waals surface area contributed by atoms with Crippen LogP contribution < -0.4 is 5.32 Å². The maximum Gasteiger partial charge on any atom is 0.319 e. The Morgan fingerprint density at radius 3 is 2.48 bits per heavy atom. The highest BCUT2D eigenvalue weighted by Crippen LogP contribution is 2.36. The molecule has 0 radical (unpaired) electrons. The van der Waals surface area contributed by atoms with Crippen LogP contribution in [-0.4, -0.2) is 77.6 Å². The van der Waals surface area contributed by atoms with Crippen molar-refractivity contribution in [3.05, 3.63) is 29.8 Å². The van der Waals surface area contributed by atoms with Crippen LogP contribution >= 0.6 is 0 Å². The SMILES string of the molecule is CC(=O)Nc1ccc(CN2CC[C@@]3(O)CCN(C(=O)N(C)C)C[C@H]3C2)cc1. The first-order valence-corrected chi connectivity index (χ1v) is 9.54. The van der Waals surface area contributed by atoms with Gasteiger partial charge in [-0.15, -0.1) is 0 Å². The lowest BCUT2D eigenvalue weighted by atomic mass is 9.75. The summed E-state index contributed by atoms with van der Waals surface area (Å²) in [6.45, 7) is 5.15. The number of likely N-dealkylation sites (tertiary alicyclic amines) is 2. The predicted octanol–water partition coefficient (Wildman–Crippen LogP) is 1.59. The van der Waals surface area contributed by atoms with Crippen LogP contribution in [-0.2, 0) is 11.3 Å². The molecular formula is C20H30N4O3. The second-order valence-corrected chi connectivity index (χ2v) is 8.04. The first-order chi connectivity index (χ1) is 12.8. The second kappa shape index (κ2) is 7.86. The van der Waals surface area contributed by atoms with Crippen LogP contribution in [0.2, 0.25) is 0 Å². The monoisotopic (exact) mass is 374 g/mol. The Morgan fingerprint density at radius 1 is 1.19 bits per heavy atom. The molecule has 2 saturated heterocycles. The molecule has 0 bridgehead atoms. The highest BCUT2D eigenvalue weighted by Gasteiger charge is 2.45. The number of fused-ring (bicyclic) bond motifs is 1. The first kappa shape index (κ1) is 19.6. The van der Waals surface area contributed by atoms with E-state index < -0.39 is 5.60 Å². The molecule has 2 N–H and O–H groups in total. The normalized spacial score (nSPS) is 25.6. The lowest BCUT2D eigenvalue weighted by Gasteiger charge is -2.50. The molecule has 0 aromatic heterocycles. The highest BCUT2D eigenvalue weighted by molar-refractivity contribution is 5.88. The summed E-state index contributed by atoms with van der Waals surface area (Å²) in [5.74, 6) is -0.00487. The standard InChI is InChI=1S/C20H30N4O3/c1-15(25)21-18-6-4-16(5-7-18)12-23-10-8-20(27)9-11-24(14-17(20)13-23)19(26)22(2)3/h4-7,17,27H,8-14H2,1-3H3,(H,21,25)/t17-,20-/m1/s1. The summed E-state index contributed by atoms with van der Waals surface area (Å²) in [4.78, 5) is 29.2. The van der Waals surface area contributed by atoms with E-state index in [1.165, 1.54) is 12.5 Å². The third kappa shape index (κ3) is 4.59. The highest BCUT2D eigenvalue weighted by atomic mass is 16.3. The molecule has 3 amide bonds. The molecule has 0 spiro atoms. The maximum atomic E-state index is 12.3. The average molecular weight is 374 g/mol. The number of rotatable bonds is 3. The predicted molar refractivity (Wildman–Crippen MR) is 104 cm³/mol. The van der Waals surface area contributed by atoms with Crippen LogP contribution in [0.4, 0.5) is 10.5 Å². The van der Waals surface area contributed by atoms with Crippen molar-refractivity contribution >= 4 is 17.6 Å². The quantitative estimate of drug-likeness (QED) is 0.842. The van der Waals surface area contributed by atoms with Gasteiger partial charge in [0, 0.05) is 65.3 Å². The molecule has 7 nitrogen and oxygen atoms in total. The molecule has 1 aromatic rings. The molecule has 27 heavy (non-hydrogen) atoms. The molecule has 1 aromatic carbocycles. The van der Waals surface area contributed by atoms with Gasteiger partial charge in [0.1, 0.15) is 0 Å². The molecule has 2 atom stereocenters. The molecule has 2 heterocycles. The van der Waals surface area contributed by atoms with E-state index in [1.807, 2.05) is 29.2 Å². The van der Waals surface area contributed by atoms with Crippen LogP contribution in [0, 0.1) is 5.92 Å². The fourth-order valence-electron chi connectivity index (χ4n) is 4.13. The van der Waals surface area contributed by atoms with Crippen LogP contribution in [0.3, 0.4) is 0 Å². The van der Waals surface area contributed by atoms with Crippen LogP contribution in [0.25, 0.3) is 0 Å². The Labute approximate surface area is 160 Å². The number of anilines is 1. The second-order valence-electron chi connectivity index (χ2n) is 8.04. The molecule has 0 unspecified atom stereocenters. The van der Waals surface area contributed by atoms with E-state index in [0.29, 0.717) is 19.5 Å². The number of carbonyl (C=O) groups is 2. The molecule has 0 saturated carbocycles. The number of piperidine rings is 2. The van der Waals surface area contributed by atoms with Crippen LogP contribution in [0.5, 0.6) is 0 Å². The van der Waals surface area contributed by atoms with Crippen molar-refractivity contribution in [2.75, 3.05) is 45.6 Å². The van der Waals surface area contributed by atoms with E-state index in [-0.39, 0.29) is 17.9 Å². The molecule has 3 rings (SSSR count). The molecule has 2 fully saturated rings. The largest absolute Gasteiger partial charge is 0.389 e. The van der Waals surface area contributed by atoms with Gasteiger partial charge in [0.15, 0.2) is 0 Å². The van der Waals surface area contributed by atoms with Gasteiger partial charge >= 0.3 is 6.03 Å². The summed E-state index contributed by atoms with van der Waals surface area (Å²) in [5, 5.41) is 13.8. The van der Waals surface area contributed by atoms with Gasteiger partial charge in [0.2, 0.25) is 5.91 Å². The molecular weight excluding hydrogens is 344 g/mol. The number of carbonyl (C=O) groups excluding carboxylic acids is 2. The summed E-state index contributed by atoms with van der Waals surface area (Å²) in [7, 11) is 3.53. The summed E-state index contributed by atoms with van der Waals surface area (Å²) in [6.07, 6.45) is 1.39. The van der Waals surface area contributed by atoms with Crippen molar-refractivity contribution in [1.82, 2.24) is 14.7 Å². The van der Waals surface area contributed by atoms with Crippen LogP contribution in [0.1, 0.15) is 25.3 Å². The topological polar surface area (TPSA) is 76.1 Å². The third-order valence-electron chi connectivity index (χ3n) is 5.69. The van der Waals surface area contributed by atoms with Crippen molar-refractivity contribution in [2.24, 2.45) is 5.92 Å². The Morgan fingerprint density at radius 2 is 1.85 bits per heavy atom. The van der Waals surface area contributed by atoms with Crippen LogP contribution in [0.15, 0.2) is 24.3 Å². The summed E-state index contributed by atoms with van der Waals surface area (Å²) in [6, 6.07) is 7.89. The van der Waals surface area contributed by atoms with Gasteiger partial charge in [-0.3, -0.25) is 9.69 Å². The summed E-state index contributed by atoms with van der Waals surface area (Å²) >= 11 is 0. The summed E-state index contributed by atoms with van der Waals surface area (Å²) < 4.78 is 0. The number of nitrogens with one attached hydrogen (secondary N) is 1. The molecule has 148 valence electrons. The van der Waals surface area contributed by atoms with Crippen molar-refractivity contribution in [3.63, 3.8) is 0 Å². The number of aliphatic hydroxyl groups is 1. The number of hydrogen-bond acceptors (Lipinski definition) is 4. The maximum absolute atomic E-state index is 12.3. The zero-order valence-electron chi connectivity index (χ0n) is 16.4. The van der Waals surface area contributed by atoms with Gasteiger partial charge < -0.3 is 20.2 Å². The van der Waals surface area contributed by atoms with Gasteiger partial charge in [-0.05, 0) is 30.5 Å². The first-order valence-electron chi connectivity index (χ1n) is 9.54. The Kier molecular flexibility index (Phi) is 5.72. The Bertz CT molecular complexity index is 691. The Hall–Kier alpha value is -2.12. The zero-order chi connectivity index (χ0) is 19.6. The molecule has 7 heteroatoms. The smallest absolute Gasteiger partial charge is 0.319 e. The number of urea groups is 1. The van der Waals surface area contributed by atoms with Gasteiger partial charge in [-0.25, -0.2) is 4.79 Å². The number of benzene rings is 1. The van der Waals surface area contributed by atoms with Crippen molar-refractivity contribution < 1.29 is 14.7 Å².